The minimum atomic E-state index is -0.953. The van der Waals surface area contributed by atoms with Crippen LogP contribution in [0.5, 0.6) is 0 Å². The standard InChI is InChI=1S/C22H25NO5S/c1-12-19(22(26)27-4)13(2)23-20(12)21(25)14(3)28-18(24)11-29-17-9-8-15-6-5-7-16(15)10-17/h8-10,14,23H,5-7,11H2,1-4H3/t14-/m1/s1. The zero-order chi connectivity index (χ0) is 21.1. The molecule has 6 nitrogen and oxygen atoms in total. The van der Waals surface area contributed by atoms with Crippen LogP contribution >= 0.6 is 11.8 Å². The van der Waals surface area contributed by atoms with Gasteiger partial charge in [-0.3, -0.25) is 9.59 Å². The van der Waals surface area contributed by atoms with E-state index in [9.17, 15) is 14.4 Å². The van der Waals surface area contributed by atoms with Gasteiger partial charge in [-0.05, 0) is 68.9 Å². The second kappa shape index (κ2) is 8.86. The molecular formula is C22H25NO5S. The van der Waals surface area contributed by atoms with Gasteiger partial charge in [0.05, 0.1) is 24.1 Å². The fourth-order valence-corrected chi connectivity index (χ4v) is 4.42. The highest BCUT2D eigenvalue weighted by Crippen LogP contribution is 2.28. The van der Waals surface area contributed by atoms with Crippen molar-refractivity contribution >= 4 is 29.5 Å². The summed E-state index contributed by atoms with van der Waals surface area (Å²) in [7, 11) is 1.29. The van der Waals surface area contributed by atoms with Crippen molar-refractivity contribution in [2.45, 2.75) is 51.0 Å². The molecule has 0 fully saturated rings. The van der Waals surface area contributed by atoms with E-state index in [1.807, 2.05) is 6.07 Å². The zero-order valence-corrected chi connectivity index (χ0v) is 17.9. The van der Waals surface area contributed by atoms with Crippen LogP contribution in [0.2, 0.25) is 0 Å². The van der Waals surface area contributed by atoms with Crippen molar-refractivity contribution in [2.75, 3.05) is 12.9 Å². The lowest BCUT2D eigenvalue weighted by Gasteiger charge is -2.12. The number of aromatic amines is 1. The molecule has 0 saturated heterocycles. The summed E-state index contributed by atoms with van der Waals surface area (Å²) >= 11 is 1.41. The molecule has 3 rings (SSSR count). The number of nitrogens with one attached hydrogen (secondary N) is 1. The summed E-state index contributed by atoms with van der Waals surface area (Å²) in [6.07, 6.45) is 2.44. The normalized spacial score (nSPS) is 13.7. The molecule has 0 radical (unpaired) electrons. The number of fused-ring (bicyclic) bond motifs is 1. The Balaban J connectivity index is 1.59. The maximum atomic E-state index is 12.7. The lowest BCUT2D eigenvalue weighted by Crippen LogP contribution is -2.26. The average Bonchev–Trinajstić information content (AvgIpc) is 3.28. The van der Waals surface area contributed by atoms with E-state index in [0.29, 0.717) is 16.8 Å². The first-order valence-corrected chi connectivity index (χ1v) is 10.6. The smallest absolute Gasteiger partial charge is 0.339 e. The molecule has 7 heteroatoms. The third-order valence-corrected chi connectivity index (χ3v) is 6.14. The molecule has 2 aromatic rings. The van der Waals surface area contributed by atoms with Gasteiger partial charge in [0.25, 0.3) is 0 Å². The summed E-state index contributed by atoms with van der Waals surface area (Å²) in [5.41, 5.74) is 4.37. The van der Waals surface area contributed by atoms with Crippen molar-refractivity contribution in [3.63, 3.8) is 0 Å². The highest BCUT2D eigenvalue weighted by Gasteiger charge is 2.27. The van der Waals surface area contributed by atoms with E-state index in [1.54, 1.807) is 13.8 Å². The van der Waals surface area contributed by atoms with E-state index in [-0.39, 0.29) is 17.2 Å². The lowest BCUT2D eigenvalue weighted by atomic mass is 10.1. The van der Waals surface area contributed by atoms with Crippen molar-refractivity contribution in [3.05, 3.63) is 51.8 Å². The number of benzene rings is 1. The van der Waals surface area contributed by atoms with Crippen LogP contribution in [-0.2, 0) is 27.1 Å². The molecule has 29 heavy (non-hydrogen) atoms. The predicted octanol–water partition coefficient (Wildman–Crippen LogP) is 3.81. The number of H-pyrrole nitrogens is 1. The summed E-state index contributed by atoms with van der Waals surface area (Å²) in [5.74, 6) is -1.21. The Morgan fingerprint density at radius 2 is 1.90 bits per heavy atom. The van der Waals surface area contributed by atoms with Crippen molar-refractivity contribution in [1.82, 2.24) is 4.98 Å². The number of hydrogen-bond donors (Lipinski definition) is 1. The summed E-state index contributed by atoms with van der Waals surface area (Å²) in [6, 6.07) is 6.28. The van der Waals surface area contributed by atoms with Crippen molar-refractivity contribution in [3.8, 4) is 0 Å². The summed E-state index contributed by atoms with van der Waals surface area (Å²) in [6.45, 7) is 4.90. The molecule has 0 spiro atoms. The van der Waals surface area contributed by atoms with E-state index >= 15 is 0 Å². The van der Waals surface area contributed by atoms with Crippen molar-refractivity contribution < 1.29 is 23.9 Å². The zero-order valence-electron chi connectivity index (χ0n) is 17.1. The predicted molar refractivity (Wildman–Crippen MR) is 111 cm³/mol. The first kappa shape index (κ1) is 21.2. The van der Waals surface area contributed by atoms with E-state index in [0.717, 1.165) is 17.7 Å². The van der Waals surface area contributed by atoms with Crippen LogP contribution in [0.15, 0.2) is 23.1 Å². The molecular weight excluding hydrogens is 390 g/mol. The van der Waals surface area contributed by atoms with Gasteiger partial charge < -0.3 is 14.5 Å². The van der Waals surface area contributed by atoms with Gasteiger partial charge in [-0.15, -0.1) is 11.8 Å². The van der Waals surface area contributed by atoms with Crippen LogP contribution in [-0.4, -0.2) is 41.7 Å². The number of ketones is 1. The van der Waals surface area contributed by atoms with E-state index in [2.05, 4.69) is 17.1 Å². The third kappa shape index (κ3) is 4.56. The Hall–Kier alpha value is -2.54. The second-order valence-corrected chi connectivity index (χ2v) is 8.23. The topological polar surface area (TPSA) is 85.5 Å². The van der Waals surface area contributed by atoms with E-state index < -0.39 is 18.0 Å². The molecule has 1 aromatic carbocycles. The number of rotatable bonds is 7. The number of carbonyl (C=O) groups excluding carboxylic acids is 3. The Labute approximate surface area is 174 Å². The number of aromatic nitrogens is 1. The Bertz CT molecular complexity index is 962. The molecule has 1 aliphatic rings. The first-order valence-electron chi connectivity index (χ1n) is 9.57. The number of esters is 2. The summed E-state index contributed by atoms with van der Waals surface area (Å²) in [4.78, 5) is 40.8. The highest BCUT2D eigenvalue weighted by molar-refractivity contribution is 8.00. The van der Waals surface area contributed by atoms with Gasteiger partial charge in [0.2, 0.25) is 5.78 Å². The van der Waals surface area contributed by atoms with Crippen LogP contribution in [0.1, 0.15) is 56.6 Å². The van der Waals surface area contributed by atoms with E-state index in [4.69, 9.17) is 9.47 Å². The Morgan fingerprint density at radius 3 is 2.62 bits per heavy atom. The monoisotopic (exact) mass is 415 g/mol. The van der Waals surface area contributed by atoms with E-state index in [1.165, 1.54) is 43.3 Å². The second-order valence-electron chi connectivity index (χ2n) is 7.19. The number of carbonyl (C=O) groups is 3. The fourth-order valence-electron chi connectivity index (χ4n) is 3.67. The molecule has 1 N–H and O–H groups in total. The van der Waals surface area contributed by atoms with Crippen LogP contribution in [0.3, 0.4) is 0 Å². The molecule has 0 saturated carbocycles. The number of aryl methyl sites for hydroxylation is 3. The SMILES string of the molecule is COC(=O)c1c(C)[nH]c(C(=O)[C@@H](C)OC(=O)CSc2ccc3c(c2)CCC3)c1C. The largest absolute Gasteiger partial charge is 0.465 e. The number of hydrogen-bond acceptors (Lipinski definition) is 6. The highest BCUT2D eigenvalue weighted by atomic mass is 32.2. The van der Waals surface area contributed by atoms with Gasteiger partial charge in [-0.25, -0.2) is 4.79 Å². The molecule has 1 atom stereocenters. The van der Waals surface area contributed by atoms with Gasteiger partial charge in [0, 0.05) is 10.6 Å². The molecule has 0 bridgehead atoms. The fraction of sp³-hybridized carbons (Fsp3) is 0.409. The molecule has 0 unspecified atom stereocenters. The quantitative estimate of drug-likeness (QED) is 0.420. The van der Waals surface area contributed by atoms with Gasteiger partial charge >= 0.3 is 11.9 Å². The van der Waals surface area contributed by atoms with Crippen LogP contribution in [0.25, 0.3) is 0 Å². The van der Waals surface area contributed by atoms with Gasteiger partial charge in [-0.2, -0.15) is 0 Å². The average molecular weight is 416 g/mol. The van der Waals surface area contributed by atoms with Crippen LogP contribution in [0.4, 0.5) is 0 Å². The van der Waals surface area contributed by atoms with Crippen LogP contribution < -0.4 is 0 Å². The summed E-state index contributed by atoms with van der Waals surface area (Å²) < 4.78 is 10.1. The first-order chi connectivity index (χ1) is 13.8. The molecule has 0 aliphatic heterocycles. The molecule has 0 amide bonds. The molecule has 154 valence electrons. The van der Waals surface area contributed by atoms with Crippen molar-refractivity contribution in [2.24, 2.45) is 0 Å². The number of Topliss-reactive ketones (excluding diaryl/α,β-unsaturated/α-hetero) is 1. The third-order valence-electron chi connectivity index (χ3n) is 5.18. The van der Waals surface area contributed by atoms with Gasteiger partial charge in [0.15, 0.2) is 6.10 Å². The van der Waals surface area contributed by atoms with Crippen LogP contribution in [0, 0.1) is 13.8 Å². The number of thioether (sulfide) groups is 1. The minimum absolute atomic E-state index is 0.132. The summed E-state index contributed by atoms with van der Waals surface area (Å²) in [5, 5.41) is 0. The molecule has 1 aromatic heterocycles. The molecule has 1 heterocycles. The Kier molecular flexibility index (Phi) is 6.47. The maximum absolute atomic E-state index is 12.7. The number of methoxy groups -OCH3 is 1. The maximum Gasteiger partial charge on any atom is 0.339 e. The van der Waals surface area contributed by atoms with Gasteiger partial charge in [-0.1, -0.05) is 6.07 Å². The number of ether oxygens (including phenoxy) is 2. The van der Waals surface area contributed by atoms with Crippen molar-refractivity contribution in [1.29, 1.82) is 0 Å². The van der Waals surface area contributed by atoms with Gasteiger partial charge in [0.1, 0.15) is 0 Å². The lowest BCUT2D eigenvalue weighted by molar-refractivity contribution is -0.143. The minimum Gasteiger partial charge on any atom is -0.465 e. The Morgan fingerprint density at radius 1 is 1.17 bits per heavy atom. The molecule has 1 aliphatic carbocycles.